The molecule has 5 heteroatoms. The predicted octanol–water partition coefficient (Wildman–Crippen LogP) is 6.20. The Hall–Kier alpha value is -1.97. The highest BCUT2D eigenvalue weighted by Crippen LogP contribution is 2.62. The maximum absolute atomic E-state index is 6.53. The van der Waals surface area contributed by atoms with Crippen LogP contribution in [0.4, 0.5) is 0 Å². The van der Waals surface area contributed by atoms with Crippen molar-refractivity contribution in [3.63, 3.8) is 0 Å². The molecule has 1 fully saturated rings. The van der Waals surface area contributed by atoms with E-state index in [1.54, 1.807) is 0 Å². The van der Waals surface area contributed by atoms with E-state index in [0.29, 0.717) is 0 Å². The van der Waals surface area contributed by atoms with E-state index >= 15 is 0 Å². The second-order valence-electron chi connectivity index (χ2n) is 8.83. The topological polar surface area (TPSA) is 15.7 Å². The Labute approximate surface area is 183 Å². The Morgan fingerprint density at radius 2 is 1.10 bits per heavy atom. The minimum atomic E-state index is -1.71. The fraction of sp³-hybridized carbons (Fsp3) is 0.280. The molecule has 1 aliphatic heterocycles. The summed E-state index contributed by atoms with van der Waals surface area (Å²) < 4.78 is 11.7. The average Bonchev–Trinajstić information content (AvgIpc) is 2.99. The average molecular weight is 435 g/mol. The van der Waals surface area contributed by atoms with Gasteiger partial charge >= 0.3 is 0 Å². The molecule has 0 bridgehead atoms. The lowest BCUT2D eigenvalue weighted by molar-refractivity contribution is 0.316. The normalized spacial score (nSPS) is 21.1. The Balaban J connectivity index is 1.81. The van der Waals surface area contributed by atoms with Gasteiger partial charge < -0.3 is 4.43 Å². The molecule has 0 spiro atoms. The smallest absolute Gasteiger partial charge is 0.242 e. The molecule has 30 heavy (non-hydrogen) atoms. The number of hydrogen-bond acceptors (Lipinski definition) is 3. The van der Waals surface area contributed by atoms with Crippen LogP contribution in [0.25, 0.3) is 0 Å². The zero-order valence-electron chi connectivity index (χ0n) is 18.5. The van der Waals surface area contributed by atoms with Gasteiger partial charge in [0, 0.05) is 5.30 Å². The molecule has 0 unspecified atom stereocenters. The third kappa shape index (κ3) is 4.24. The summed E-state index contributed by atoms with van der Waals surface area (Å²) in [7, 11) is 2.13. The van der Waals surface area contributed by atoms with Crippen LogP contribution in [-0.2, 0) is 0 Å². The van der Waals surface area contributed by atoms with Gasteiger partial charge in [-0.3, -0.25) is 9.34 Å². The second-order valence-corrected chi connectivity index (χ2v) is 15.6. The van der Waals surface area contributed by atoms with Gasteiger partial charge in [0.15, 0.2) is 0 Å². The summed E-state index contributed by atoms with van der Waals surface area (Å²) in [6, 6.07) is 31.0. The van der Waals surface area contributed by atoms with Crippen LogP contribution < -0.4 is 9.73 Å². The van der Waals surface area contributed by atoms with Gasteiger partial charge in [-0.25, -0.2) is 0 Å². The van der Waals surface area contributed by atoms with Crippen molar-refractivity contribution in [2.75, 3.05) is 14.1 Å². The molecular weight excluding hydrogens is 403 g/mol. The van der Waals surface area contributed by atoms with Crippen molar-refractivity contribution in [1.29, 1.82) is 0 Å². The van der Waals surface area contributed by atoms with Crippen LogP contribution in [0.2, 0.25) is 19.6 Å². The lowest BCUT2D eigenvalue weighted by Gasteiger charge is -2.30. The van der Waals surface area contributed by atoms with E-state index in [0.717, 1.165) is 5.75 Å². The van der Waals surface area contributed by atoms with Crippen LogP contribution in [0.1, 0.15) is 23.2 Å². The van der Waals surface area contributed by atoms with Crippen molar-refractivity contribution in [2.45, 2.75) is 31.7 Å². The standard InChI is InChI=1S/C25H31N2OPSi/c1-26-24(20-14-8-6-9-15-20)25(21-16-10-7-11-17-21)27(2)29(26)23-19-13-12-18-22(23)28-30(3,4)5/h6-19,24-25H,1-5H3/t24-,25-/m0/s1. The van der Waals surface area contributed by atoms with E-state index in [1.165, 1.54) is 16.4 Å². The molecule has 4 rings (SSSR count). The Morgan fingerprint density at radius 3 is 1.57 bits per heavy atom. The van der Waals surface area contributed by atoms with Gasteiger partial charge in [-0.2, -0.15) is 0 Å². The summed E-state index contributed by atoms with van der Waals surface area (Å²) >= 11 is 0. The number of hydrogen-bond donors (Lipinski definition) is 0. The molecule has 1 aliphatic rings. The highest BCUT2D eigenvalue weighted by atomic mass is 31.1. The first-order chi connectivity index (χ1) is 14.4. The van der Waals surface area contributed by atoms with E-state index in [1.807, 2.05) is 0 Å². The molecule has 0 amide bonds. The number of nitrogens with zero attached hydrogens (tertiary/aromatic N) is 2. The summed E-state index contributed by atoms with van der Waals surface area (Å²) in [5.41, 5.74) is 2.71. The first kappa shape index (κ1) is 21.3. The van der Waals surface area contributed by atoms with Crippen molar-refractivity contribution in [2.24, 2.45) is 0 Å². The predicted molar refractivity (Wildman–Crippen MR) is 131 cm³/mol. The van der Waals surface area contributed by atoms with E-state index < -0.39 is 16.5 Å². The minimum Gasteiger partial charge on any atom is -0.544 e. The highest BCUT2D eigenvalue weighted by Gasteiger charge is 2.46. The highest BCUT2D eigenvalue weighted by molar-refractivity contribution is 7.61. The van der Waals surface area contributed by atoms with Gasteiger partial charge in [0.05, 0.1) is 20.3 Å². The van der Waals surface area contributed by atoms with Crippen LogP contribution in [0.3, 0.4) is 0 Å². The van der Waals surface area contributed by atoms with Gasteiger partial charge in [-0.15, -0.1) is 0 Å². The fourth-order valence-corrected chi connectivity index (χ4v) is 7.92. The van der Waals surface area contributed by atoms with Gasteiger partial charge in [0.25, 0.3) is 0 Å². The first-order valence-corrected chi connectivity index (χ1v) is 15.2. The maximum Gasteiger partial charge on any atom is 0.242 e. The summed E-state index contributed by atoms with van der Waals surface area (Å²) in [6.45, 7) is 6.75. The largest absolute Gasteiger partial charge is 0.544 e. The quantitative estimate of drug-likeness (QED) is 0.351. The van der Waals surface area contributed by atoms with E-state index in [-0.39, 0.29) is 12.1 Å². The minimum absolute atomic E-state index is 0.282. The molecule has 3 nitrogen and oxygen atoms in total. The molecule has 2 atom stereocenters. The zero-order valence-corrected chi connectivity index (χ0v) is 20.4. The molecule has 0 N–H and O–H groups in total. The summed E-state index contributed by atoms with van der Waals surface area (Å²) in [5.74, 6) is 1.04. The number of para-hydroxylation sites is 1. The summed E-state index contributed by atoms with van der Waals surface area (Å²) in [5, 5.41) is 1.30. The molecule has 1 saturated heterocycles. The van der Waals surface area contributed by atoms with Crippen molar-refractivity contribution < 1.29 is 4.43 Å². The van der Waals surface area contributed by atoms with Crippen LogP contribution >= 0.6 is 8.22 Å². The second kappa shape index (κ2) is 8.64. The Bertz CT molecular complexity index is 926. The van der Waals surface area contributed by atoms with E-state index in [2.05, 4.69) is 128 Å². The molecule has 0 saturated carbocycles. The molecule has 3 aromatic carbocycles. The Morgan fingerprint density at radius 1 is 0.667 bits per heavy atom. The van der Waals surface area contributed by atoms with Crippen molar-refractivity contribution >= 4 is 21.8 Å². The maximum atomic E-state index is 6.53. The monoisotopic (exact) mass is 434 g/mol. The summed E-state index contributed by atoms with van der Waals surface area (Å²) in [4.78, 5) is 0. The lowest BCUT2D eigenvalue weighted by atomic mass is 9.93. The SMILES string of the molecule is CN1[C@@H](c2ccccc2)[C@H](c2ccccc2)N(C)P1c1ccccc1O[Si](C)(C)C. The molecule has 1 heterocycles. The van der Waals surface area contributed by atoms with Crippen LogP contribution in [0.15, 0.2) is 84.9 Å². The van der Waals surface area contributed by atoms with Gasteiger partial charge in [0.2, 0.25) is 8.32 Å². The lowest BCUT2D eigenvalue weighted by Crippen LogP contribution is -2.32. The first-order valence-electron chi connectivity index (χ1n) is 10.5. The Kier molecular flexibility index (Phi) is 6.13. The molecule has 3 aromatic rings. The zero-order chi connectivity index (χ0) is 21.3. The molecule has 156 valence electrons. The van der Waals surface area contributed by atoms with Crippen LogP contribution in [0, 0.1) is 0 Å². The van der Waals surface area contributed by atoms with Crippen molar-refractivity contribution in [3.8, 4) is 5.75 Å². The third-order valence-corrected chi connectivity index (χ3v) is 8.81. The van der Waals surface area contributed by atoms with Crippen LogP contribution in [-0.4, -0.2) is 31.8 Å². The number of rotatable bonds is 5. The molecule has 0 aliphatic carbocycles. The molecule has 0 radical (unpaired) electrons. The van der Waals surface area contributed by atoms with Crippen LogP contribution in [0.5, 0.6) is 5.75 Å². The molecular formula is C25H31N2OPSi. The summed E-state index contributed by atoms with van der Waals surface area (Å²) in [6.07, 6.45) is 0. The number of benzene rings is 3. The third-order valence-electron chi connectivity index (χ3n) is 5.48. The van der Waals surface area contributed by atoms with E-state index in [4.69, 9.17) is 4.43 Å². The van der Waals surface area contributed by atoms with Gasteiger partial charge in [-0.1, -0.05) is 72.8 Å². The fourth-order valence-electron chi connectivity index (χ4n) is 4.34. The van der Waals surface area contributed by atoms with Gasteiger partial charge in [0.1, 0.15) is 5.75 Å². The van der Waals surface area contributed by atoms with Crippen molar-refractivity contribution in [1.82, 2.24) is 9.34 Å². The van der Waals surface area contributed by atoms with Crippen molar-refractivity contribution in [3.05, 3.63) is 96.1 Å². The molecule has 0 aromatic heterocycles. The van der Waals surface area contributed by atoms with Gasteiger partial charge in [-0.05, 0) is 57.0 Å². The van der Waals surface area contributed by atoms with E-state index in [9.17, 15) is 0 Å². The number of likely N-dealkylation sites (N-methyl/N-ethyl adjacent to an activating group) is 2.